The van der Waals surface area contributed by atoms with Gasteiger partial charge in [0, 0.05) is 49.4 Å². The predicted octanol–water partition coefficient (Wildman–Crippen LogP) is 7.36. The number of carbonyl (C=O) groups excluding carboxylic acids is 1. The van der Waals surface area contributed by atoms with Gasteiger partial charge in [0.1, 0.15) is 5.75 Å². The van der Waals surface area contributed by atoms with Gasteiger partial charge < -0.3 is 23.2 Å². The maximum absolute atomic E-state index is 12.9. The Morgan fingerprint density at radius 1 is 1.07 bits per heavy atom. The lowest BCUT2D eigenvalue weighted by molar-refractivity contribution is -0.124. The number of benzene rings is 2. The van der Waals surface area contributed by atoms with Gasteiger partial charge in [-0.3, -0.25) is 19.5 Å². The van der Waals surface area contributed by atoms with Crippen LogP contribution in [-0.2, 0) is 35.8 Å². The highest BCUT2D eigenvalue weighted by molar-refractivity contribution is 7.53. The molecule has 10 nitrogen and oxygen atoms in total. The highest BCUT2D eigenvalue weighted by Gasteiger charge is 2.37. The van der Waals surface area contributed by atoms with Crippen molar-refractivity contribution in [2.24, 2.45) is 0 Å². The summed E-state index contributed by atoms with van der Waals surface area (Å²) >= 11 is 0. The molecular weight excluding hydrogens is 609 g/mol. The monoisotopic (exact) mass is 659 g/mol. The Morgan fingerprint density at radius 2 is 1.76 bits per heavy atom. The number of ether oxygens (including phenoxy) is 1. The number of hydrogen-bond donors (Lipinski definition) is 3. The largest absolute Gasteiger partial charge is 0.481 e. The molecule has 3 N–H and O–H groups in total. The van der Waals surface area contributed by atoms with Crippen LogP contribution in [0.15, 0.2) is 54.7 Å². The number of carbonyl (C=O) groups is 1. The topological polar surface area (TPSA) is 122 Å². The number of H-pyrrole nitrogens is 1. The second-order valence-electron chi connectivity index (χ2n) is 12.4. The van der Waals surface area contributed by atoms with Gasteiger partial charge in [0.15, 0.2) is 14.7 Å². The normalized spacial score (nSPS) is 12.8. The lowest BCUT2D eigenvalue weighted by Crippen LogP contribution is -2.43. The standard InChI is InChI=1S/C33H50N3O7PSi/c1-8-41-44(39,42-9-2)25-40-29-15-16-31-30(22-29)28(23-34-31)18-19-36(20-21-43-45(6,7)33(3,4)5)24-27-12-10-26(11-13-27)14-17-32(37)35-38/h10-17,22-23,34,38H,8-9,18-21,24-25H2,1-7H3,(H,35,37). The summed E-state index contributed by atoms with van der Waals surface area (Å²) in [6, 6.07) is 13.8. The fraction of sp³-hybridized carbons (Fsp3) is 0.485. The van der Waals surface area contributed by atoms with Crippen molar-refractivity contribution in [1.29, 1.82) is 0 Å². The number of aromatic amines is 1. The van der Waals surface area contributed by atoms with Crippen LogP contribution in [-0.4, -0.2) is 68.6 Å². The molecule has 248 valence electrons. The van der Waals surface area contributed by atoms with Crippen LogP contribution < -0.4 is 10.2 Å². The van der Waals surface area contributed by atoms with E-state index in [1.807, 2.05) is 36.5 Å². The summed E-state index contributed by atoms with van der Waals surface area (Å²) in [4.78, 5) is 17.1. The van der Waals surface area contributed by atoms with Gasteiger partial charge in [-0.1, -0.05) is 45.0 Å². The third-order valence-electron chi connectivity index (χ3n) is 8.08. The van der Waals surface area contributed by atoms with E-state index < -0.39 is 21.8 Å². The highest BCUT2D eigenvalue weighted by Crippen LogP contribution is 2.48. The zero-order valence-corrected chi connectivity index (χ0v) is 29.6. The third kappa shape index (κ3) is 11.2. The molecule has 0 aliphatic heterocycles. The van der Waals surface area contributed by atoms with Crippen molar-refractivity contribution in [2.45, 2.75) is 65.7 Å². The maximum atomic E-state index is 12.9. The van der Waals surface area contributed by atoms with Crippen molar-refractivity contribution in [3.63, 3.8) is 0 Å². The van der Waals surface area contributed by atoms with Crippen molar-refractivity contribution in [3.8, 4) is 5.75 Å². The first-order valence-electron chi connectivity index (χ1n) is 15.5. The Labute approximate surface area is 268 Å². The average Bonchev–Trinajstić information content (AvgIpc) is 3.40. The predicted molar refractivity (Wildman–Crippen MR) is 182 cm³/mol. The van der Waals surface area contributed by atoms with Gasteiger partial charge in [-0.05, 0) is 79.4 Å². The van der Waals surface area contributed by atoms with Gasteiger partial charge in [-0.2, -0.15) is 0 Å². The smallest absolute Gasteiger partial charge is 0.367 e. The highest BCUT2D eigenvalue weighted by atomic mass is 31.2. The number of hydrogen-bond acceptors (Lipinski definition) is 8. The number of hydroxylamine groups is 1. The second kappa shape index (κ2) is 16.7. The van der Waals surface area contributed by atoms with Crippen LogP contribution in [0.25, 0.3) is 17.0 Å². The van der Waals surface area contributed by atoms with Gasteiger partial charge in [-0.25, -0.2) is 5.48 Å². The Bertz CT molecular complexity index is 1440. The SMILES string of the molecule is CCOP(=O)(COc1ccc2[nH]cc(CCN(CCO[Si](C)(C)C(C)(C)C)Cc3ccc(C=CC(=O)NO)cc3)c2c1)OCC. The number of nitrogens with zero attached hydrogens (tertiary/aromatic N) is 1. The van der Waals surface area contributed by atoms with E-state index in [1.54, 1.807) is 25.4 Å². The molecule has 0 aliphatic carbocycles. The summed E-state index contributed by atoms with van der Waals surface area (Å²) in [5.74, 6) is 0.0344. The molecule has 0 atom stereocenters. The summed E-state index contributed by atoms with van der Waals surface area (Å²) in [5, 5.41) is 9.90. The minimum absolute atomic E-state index is 0.136. The molecule has 0 spiro atoms. The molecule has 3 rings (SSSR count). The Morgan fingerprint density at radius 3 is 2.38 bits per heavy atom. The molecule has 45 heavy (non-hydrogen) atoms. The molecular formula is C33H50N3O7PSi. The van der Waals surface area contributed by atoms with Crippen LogP contribution in [0.1, 0.15) is 51.3 Å². The lowest BCUT2D eigenvalue weighted by atomic mass is 10.1. The van der Waals surface area contributed by atoms with Gasteiger partial charge in [-0.15, -0.1) is 0 Å². The molecule has 0 saturated heterocycles. The first-order valence-corrected chi connectivity index (χ1v) is 20.1. The summed E-state index contributed by atoms with van der Waals surface area (Å²) in [6.45, 7) is 18.4. The molecule has 0 radical (unpaired) electrons. The molecule has 1 heterocycles. The van der Waals surface area contributed by atoms with Crippen LogP contribution in [0, 0.1) is 0 Å². The summed E-state index contributed by atoms with van der Waals surface area (Å²) in [7, 11) is -5.21. The first kappa shape index (κ1) is 36.7. The van der Waals surface area contributed by atoms with Crippen molar-refractivity contribution < 1.29 is 32.8 Å². The van der Waals surface area contributed by atoms with Gasteiger partial charge in [0.25, 0.3) is 5.91 Å². The van der Waals surface area contributed by atoms with E-state index in [4.69, 9.17) is 23.4 Å². The van der Waals surface area contributed by atoms with Crippen LogP contribution in [0.2, 0.25) is 18.1 Å². The van der Waals surface area contributed by atoms with Gasteiger partial charge in [0.2, 0.25) is 0 Å². The van der Waals surface area contributed by atoms with Crippen molar-refractivity contribution in [2.75, 3.05) is 39.3 Å². The summed E-state index contributed by atoms with van der Waals surface area (Å²) in [6.07, 6.45) is 5.63. The van der Waals surface area contributed by atoms with Gasteiger partial charge >= 0.3 is 7.60 Å². The van der Waals surface area contributed by atoms with Crippen molar-refractivity contribution in [3.05, 3.63) is 71.4 Å². The molecule has 1 aromatic heterocycles. The van der Waals surface area contributed by atoms with Crippen LogP contribution in [0.4, 0.5) is 0 Å². The number of rotatable bonds is 18. The van der Waals surface area contributed by atoms with Crippen molar-refractivity contribution >= 4 is 38.8 Å². The van der Waals surface area contributed by atoms with Crippen LogP contribution >= 0.6 is 7.60 Å². The third-order valence-corrected chi connectivity index (χ3v) is 14.4. The number of fused-ring (bicyclic) bond motifs is 1. The minimum Gasteiger partial charge on any atom is -0.481 e. The van der Waals surface area contributed by atoms with Crippen LogP contribution in [0.5, 0.6) is 5.75 Å². The maximum Gasteiger partial charge on any atom is 0.367 e. The molecule has 0 fully saturated rings. The van der Waals surface area contributed by atoms with E-state index in [0.29, 0.717) is 12.4 Å². The Kier molecular flexibility index (Phi) is 13.6. The molecule has 3 aromatic rings. The number of aromatic nitrogens is 1. The minimum atomic E-state index is -3.33. The fourth-order valence-electron chi connectivity index (χ4n) is 4.51. The van der Waals surface area contributed by atoms with E-state index in [0.717, 1.165) is 53.6 Å². The van der Waals surface area contributed by atoms with Gasteiger partial charge in [0.05, 0.1) is 13.2 Å². The Balaban J connectivity index is 1.74. The van der Waals surface area contributed by atoms with E-state index in [9.17, 15) is 9.36 Å². The lowest BCUT2D eigenvalue weighted by Gasteiger charge is -2.37. The van der Waals surface area contributed by atoms with E-state index in [-0.39, 0.29) is 24.6 Å². The molecule has 2 aromatic carbocycles. The average molecular weight is 660 g/mol. The molecule has 0 unspecified atom stereocenters. The van der Waals surface area contributed by atoms with Crippen LogP contribution in [0.3, 0.4) is 0 Å². The molecule has 0 saturated carbocycles. The number of amides is 1. The Hall–Kier alpha value is -2.76. The number of nitrogens with one attached hydrogen (secondary N) is 2. The second-order valence-corrected chi connectivity index (χ2v) is 19.2. The zero-order valence-electron chi connectivity index (χ0n) is 27.7. The molecule has 0 bridgehead atoms. The van der Waals surface area contributed by atoms with E-state index >= 15 is 0 Å². The summed E-state index contributed by atoms with van der Waals surface area (Å²) in [5.41, 5.74) is 5.77. The fourth-order valence-corrected chi connectivity index (χ4v) is 6.86. The zero-order chi connectivity index (χ0) is 33.1. The van der Waals surface area contributed by atoms with E-state index in [2.05, 4.69) is 55.9 Å². The van der Waals surface area contributed by atoms with E-state index in [1.165, 1.54) is 6.08 Å². The quantitative estimate of drug-likeness (QED) is 0.0426. The molecule has 12 heteroatoms. The molecule has 1 amide bonds. The van der Waals surface area contributed by atoms with Crippen molar-refractivity contribution in [1.82, 2.24) is 15.4 Å². The summed E-state index contributed by atoms with van der Waals surface area (Å²) < 4.78 is 36.0. The first-order chi connectivity index (χ1) is 21.3. The molecule has 0 aliphatic rings.